The van der Waals surface area contributed by atoms with Crippen molar-refractivity contribution in [1.82, 2.24) is 4.98 Å². The van der Waals surface area contributed by atoms with E-state index in [4.69, 9.17) is 0 Å². The first-order valence-electron chi connectivity index (χ1n) is 5.96. The van der Waals surface area contributed by atoms with Gasteiger partial charge in [-0.1, -0.05) is 26.7 Å². The van der Waals surface area contributed by atoms with E-state index in [0.717, 1.165) is 17.3 Å². The van der Waals surface area contributed by atoms with Crippen molar-refractivity contribution in [2.75, 3.05) is 0 Å². The predicted molar refractivity (Wildman–Crippen MR) is 66.0 cm³/mol. The maximum Gasteiger partial charge on any atom is 0.123 e. The van der Waals surface area contributed by atoms with Crippen LogP contribution in [-0.2, 0) is 6.42 Å². The van der Waals surface area contributed by atoms with E-state index in [-0.39, 0.29) is 5.82 Å². The Morgan fingerprint density at radius 2 is 2.19 bits per heavy atom. The number of aromatic amines is 1. The zero-order valence-corrected chi connectivity index (χ0v) is 9.89. The zero-order valence-electron chi connectivity index (χ0n) is 9.89. The van der Waals surface area contributed by atoms with Crippen LogP contribution >= 0.6 is 0 Å². The number of aromatic nitrogens is 1. The van der Waals surface area contributed by atoms with E-state index in [9.17, 15) is 4.39 Å². The molecule has 1 aromatic carbocycles. The quantitative estimate of drug-likeness (QED) is 0.789. The number of hydrogen-bond donors (Lipinski definition) is 1. The normalized spacial score (nSPS) is 13.2. The van der Waals surface area contributed by atoms with Gasteiger partial charge in [-0.25, -0.2) is 4.39 Å². The van der Waals surface area contributed by atoms with Crippen LogP contribution in [0, 0.1) is 11.7 Å². The van der Waals surface area contributed by atoms with Gasteiger partial charge in [0.05, 0.1) is 0 Å². The lowest BCUT2D eigenvalue weighted by atomic mass is 9.97. The van der Waals surface area contributed by atoms with Crippen LogP contribution in [0.3, 0.4) is 0 Å². The van der Waals surface area contributed by atoms with Gasteiger partial charge in [-0.05, 0) is 36.1 Å². The Hall–Kier alpha value is -1.31. The van der Waals surface area contributed by atoms with E-state index < -0.39 is 0 Å². The van der Waals surface area contributed by atoms with Crippen molar-refractivity contribution >= 4 is 10.9 Å². The van der Waals surface area contributed by atoms with Crippen molar-refractivity contribution in [1.29, 1.82) is 0 Å². The summed E-state index contributed by atoms with van der Waals surface area (Å²) < 4.78 is 13.2. The summed E-state index contributed by atoms with van der Waals surface area (Å²) in [4.78, 5) is 3.20. The molecule has 1 nitrogen and oxygen atoms in total. The molecule has 0 fully saturated rings. The number of nitrogens with one attached hydrogen (secondary N) is 1. The van der Waals surface area contributed by atoms with Crippen LogP contribution in [0.25, 0.3) is 10.9 Å². The van der Waals surface area contributed by atoms with Crippen molar-refractivity contribution in [3.05, 3.63) is 35.8 Å². The van der Waals surface area contributed by atoms with Crippen LogP contribution in [0.15, 0.2) is 24.4 Å². The molecule has 1 aromatic heterocycles. The topological polar surface area (TPSA) is 15.8 Å². The Balaban J connectivity index is 2.27. The third-order valence-electron chi connectivity index (χ3n) is 3.08. The summed E-state index contributed by atoms with van der Waals surface area (Å²) in [5.74, 6) is 0.503. The fourth-order valence-electron chi connectivity index (χ4n) is 2.29. The van der Waals surface area contributed by atoms with Crippen LogP contribution in [0.2, 0.25) is 0 Å². The maximum absolute atomic E-state index is 13.2. The summed E-state index contributed by atoms with van der Waals surface area (Å²) in [6.07, 6.45) is 5.47. The first-order valence-corrected chi connectivity index (χ1v) is 5.96. The van der Waals surface area contributed by atoms with E-state index >= 15 is 0 Å². The molecule has 0 aliphatic heterocycles. The lowest BCUT2D eigenvalue weighted by Gasteiger charge is -2.08. The number of fused-ring (bicyclic) bond motifs is 1. The molecule has 0 spiro atoms. The minimum Gasteiger partial charge on any atom is -0.361 e. The van der Waals surface area contributed by atoms with Gasteiger partial charge in [-0.3, -0.25) is 0 Å². The van der Waals surface area contributed by atoms with Gasteiger partial charge < -0.3 is 4.98 Å². The zero-order chi connectivity index (χ0) is 11.5. The standard InChI is InChI=1S/C14H18FN/c1-3-4-10(2)7-11-9-16-14-6-5-12(15)8-13(11)14/h5-6,8-10,16H,3-4,7H2,1-2H3. The van der Waals surface area contributed by atoms with Gasteiger partial charge in [0, 0.05) is 17.1 Å². The number of benzene rings is 1. The highest BCUT2D eigenvalue weighted by Crippen LogP contribution is 2.23. The number of hydrogen-bond acceptors (Lipinski definition) is 0. The summed E-state index contributed by atoms with van der Waals surface area (Å²) in [5.41, 5.74) is 2.26. The first kappa shape index (κ1) is 11.2. The minimum absolute atomic E-state index is 0.156. The average Bonchev–Trinajstić information content (AvgIpc) is 2.61. The number of rotatable bonds is 4. The Morgan fingerprint density at radius 3 is 2.94 bits per heavy atom. The van der Waals surface area contributed by atoms with E-state index in [1.165, 1.54) is 24.5 Å². The highest BCUT2D eigenvalue weighted by molar-refractivity contribution is 5.83. The molecule has 86 valence electrons. The number of H-pyrrole nitrogens is 1. The smallest absolute Gasteiger partial charge is 0.123 e. The van der Waals surface area contributed by atoms with Gasteiger partial charge in [-0.2, -0.15) is 0 Å². The molecule has 2 aromatic rings. The van der Waals surface area contributed by atoms with Gasteiger partial charge in [0.2, 0.25) is 0 Å². The SMILES string of the molecule is CCCC(C)Cc1c[nH]c2ccc(F)cc12. The van der Waals surface area contributed by atoms with Crippen LogP contribution in [0.1, 0.15) is 32.3 Å². The van der Waals surface area contributed by atoms with E-state index in [1.54, 1.807) is 12.1 Å². The molecular weight excluding hydrogens is 201 g/mol. The van der Waals surface area contributed by atoms with Crippen molar-refractivity contribution in [3.8, 4) is 0 Å². The lowest BCUT2D eigenvalue weighted by molar-refractivity contribution is 0.524. The van der Waals surface area contributed by atoms with Gasteiger partial charge >= 0.3 is 0 Å². The average molecular weight is 219 g/mol. The second-order valence-corrected chi connectivity index (χ2v) is 4.60. The molecular formula is C14H18FN. The molecule has 1 heterocycles. The Kier molecular flexibility index (Phi) is 3.28. The highest BCUT2D eigenvalue weighted by atomic mass is 19.1. The lowest BCUT2D eigenvalue weighted by Crippen LogP contribution is -1.98. The van der Waals surface area contributed by atoms with E-state index in [0.29, 0.717) is 5.92 Å². The first-order chi connectivity index (χ1) is 7.70. The third kappa shape index (κ3) is 2.26. The second-order valence-electron chi connectivity index (χ2n) is 4.60. The molecule has 0 aliphatic rings. The molecule has 1 atom stereocenters. The van der Waals surface area contributed by atoms with Crippen molar-refractivity contribution in [2.45, 2.75) is 33.1 Å². The molecule has 0 saturated heterocycles. The summed E-state index contributed by atoms with van der Waals surface area (Å²) in [6.45, 7) is 4.45. The molecule has 2 rings (SSSR count). The fraction of sp³-hybridized carbons (Fsp3) is 0.429. The monoisotopic (exact) mass is 219 g/mol. The van der Waals surface area contributed by atoms with Crippen LogP contribution in [0.4, 0.5) is 4.39 Å². The van der Waals surface area contributed by atoms with Crippen LogP contribution < -0.4 is 0 Å². The molecule has 0 amide bonds. The maximum atomic E-state index is 13.2. The molecule has 0 saturated carbocycles. The summed E-state index contributed by atoms with van der Waals surface area (Å²) >= 11 is 0. The van der Waals surface area contributed by atoms with Crippen molar-refractivity contribution in [3.63, 3.8) is 0 Å². The summed E-state index contributed by atoms with van der Waals surface area (Å²) in [7, 11) is 0. The highest BCUT2D eigenvalue weighted by Gasteiger charge is 2.08. The van der Waals surface area contributed by atoms with Gasteiger partial charge in [0.1, 0.15) is 5.82 Å². The summed E-state index contributed by atoms with van der Waals surface area (Å²) in [6, 6.07) is 4.93. The molecule has 0 aliphatic carbocycles. The van der Waals surface area contributed by atoms with Gasteiger partial charge in [0.15, 0.2) is 0 Å². The third-order valence-corrected chi connectivity index (χ3v) is 3.08. The molecule has 1 unspecified atom stereocenters. The molecule has 1 N–H and O–H groups in total. The summed E-state index contributed by atoms with van der Waals surface area (Å²) in [5, 5.41) is 1.03. The minimum atomic E-state index is -0.156. The van der Waals surface area contributed by atoms with E-state index in [2.05, 4.69) is 18.8 Å². The predicted octanol–water partition coefficient (Wildman–Crippen LogP) is 4.29. The van der Waals surface area contributed by atoms with E-state index in [1.807, 2.05) is 6.20 Å². The molecule has 16 heavy (non-hydrogen) atoms. The van der Waals surface area contributed by atoms with Crippen LogP contribution in [0.5, 0.6) is 0 Å². The van der Waals surface area contributed by atoms with Gasteiger partial charge in [0.25, 0.3) is 0 Å². The Labute approximate surface area is 95.7 Å². The van der Waals surface area contributed by atoms with Crippen molar-refractivity contribution < 1.29 is 4.39 Å². The molecule has 2 heteroatoms. The molecule has 0 bridgehead atoms. The fourth-order valence-corrected chi connectivity index (χ4v) is 2.29. The van der Waals surface area contributed by atoms with Gasteiger partial charge in [-0.15, -0.1) is 0 Å². The number of halogens is 1. The van der Waals surface area contributed by atoms with Crippen LogP contribution in [-0.4, -0.2) is 4.98 Å². The van der Waals surface area contributed by atoms with Crippen molar-refractivity contribution in [2.24, 2.45) is 5.92 Å². The second kappa shape index (κ2) is 4.69. The Bertz CT molecular complexity index is 473. The largest absolute Gasteiger partial charge is 0.361 e. The Morgan fingerprint density at radius 1 is 1.38 bits per heavy atom. The molecule has 0 radical (unpaired) electrons.